The number of hydrogen-bond acceptors (Lipinski definition) is 1. The molecule has 0 aliphatic carbocycles. The molecule has 1 N–H and O–H groups in total. The molecule has 1 amide bonds. The fourth-order valence-corrected chi connectivity index (χ4v) is 0.793. The van der Waals surface area contributed by atoms with E-state index in [0.29, 0.717) is 11.8 Å². The highest BCUT2D eigenvalue weighted by atomic mass is 35.5. The van der Waals surface area contributed by atoms with Gasteiger partial charge in [-0.25, -0.2) is 0 Å². The van der Waals surface area contributed by atoms with Crippen LogP contribution in [0.4, 0.5) is 0 Å². The van der Waals surface area contributed by atoms with Crippen LogP contribution in [-0.2, 0) is 4.79 Å². The summed E-state index contributed by atoms with van der Waals surface area (Å²) in [6.45, 7) is 7.91. The second kappa shape index (κ2) is 5.41. The van der Waals surface area contributed by atoms with Crippen LogP contribution >= 0.6 is 11.6 Å². The standard InChI is InChI=1S/C9H18ClNO/c1-6(2)8(4)9(12)11-7(3)5-10/h6-8H,5H2,1-4H3,(H,11,12). The Morgan fingerprint density at radius 1 is 1.33 bits per heavy atom. The molecule has 0 radical (unpaired) electrons. The van der Waals surface area contributed by atoms with Crippen LogP contribution in [-0.4, -0.2) is 17.8 Å². The summed E-state index contributed by atoms with van der Waals surface area (Å²) >= 11 is 5.57. The number of carbonyl (C=O) groups is 1. The fourth-order valence-electron chi connectivity index (χ4n) is 0.716. The molecule has 0 aliphatic heterocycles. The average Bonchev–Trinajstić information content (AvgIpc) is 2.02. The van der Waals surface area contributed by atoms with Crippen molar-refractivity contribution in [1.29, 1.82) is 0 Å². The van der Waals surface area contributed by atoms with Gasteiger partial charge in [-0.05, 0) is 12.8 Å². The van der Waals surface area contributed by atoms with Crippen molar-refractivity contribution >= 4 is 17.5 Å². The molecule has 0 heterocycles. The maximum atomic E-state index is 11.4. The van der Waals surface area contributed by atoms with E-state index in [1.165, 1.54) is 0 Å². The van der Waals surface area contributed by atoms with Crippen molar-refractivity contribution in [2.75, 3.05) is 5.88 Å². The number of halogens is 1. The quantitative estimate of drug-likeness (QED) is 0.677. The normalized spacial score (nSPS) is 15.8. The first-order valence-electron chi connectivity index (χ1n) is 4.35. The van der Waals surface area contributed by atoms with Gasteiger partial charge in [0.15, 0.2) is 0 Å². The van der Waals surface area contributed by atoms with Crippen LogP contribution < -0.4 is 5.32 Å². The van der Waals surface area contributed by atoms with Crippen molar-refractivity contribution in [3.63, 3.8) is 0 Å². The molecule has 0 spiro atoms. The summed E-state index contributed by atoms with van der Waals surface area (Å²) in [4.78, 5) is 11.4. The molecule has 2 nitrogen and oxygen atoms in total. The van der Waals surface area contributed by atoms with E-state index in [0.717, 1.165) is 0 Å². The number of alkyl halides is 1. The maximum Gasteiger partial charge on any atom is 0.223 e. The largest absolute Gasteiger partial charge is 0.352 e. The maximum absolute atomic E-state index is 11.4. The predicted octanol–water partition coefficient (Wildman–Crippen LogP) is 2.02. The summed E-state index contributed by atoms with van der Waals surface area (Å²) in [5.41, 5.74) is 0. The van der Waals surface area contributed by atoms with Crippen LogP contribution in [0.2, 0.25) is 0 Å². The van der Waals surface area contributed by atoms with Gasteiger partial charge in [-0.3, -0.25) is 4.79 Å². The molecule has 0 saturated carbocycles. The summed E-state index contributed by atoms with van der Waals surface area (Å²) in [6.07, 6.45) is 0. The lowest BCUT2D eigenvalue weighted by atomic mass is 9.97. The number of hydrogen-bond donors (Lipinski definition) is 1. The van der Waals surface area contributed by atoms with Crippen LogP contribution in [0.3, 0.4) is 0 Å². The van der Waals surface area contributed by atoms with Crippen molar-refractivity contribution in [2.45, 2.75) is 33.7 Å². The van der Waals surface area contributed by atoms with Crippen molar-refractivity contribution < 1.29 is 4.79 Å². The van der Waals surface area contributed by atoms with E-state index in [9.17, 15) is 4.79 Å². The first-order valence-corrected chi connectivity index (χ1v) is 4.88. The topological polar surface area (TPSA) is 29.1 Å². The summed E-state index contributed by atoms with van der Waals surface area (Å²) in [7, 11) is 0. The van der Waals surface area contributed by atoms with E-state index in [4.69, 9.17) is 11.6 Å². The Hall–Kier alpha value is -0.240. The Morgan fingerprint density at radius 2 is 1.83 bits per heavy atom. The molecule has 3 heteroatoms. The monoisotopic (exact) mass is 191 g/mol. The molecule has 12 heavy (non-hydrogen) atoms. The molecular formula is C9H18ClNO. The highest BCUT2D eigenvalue weighted by Gasteiger charge is 2.17. The van der Waals surface area contributed by atoms with Gasteiger partial charge in [-0.15, -0.1) is 11.6 Å². The van der Waals surface area contributed by atoms with Crippen LogP contribution in [0.1, 0.15) is 27.7 Å². The van der Waals surface area contributed by atoms with E-state index < -0.39 is 0 Å². The van der Waals surface area contributed by atoms with E-state index >= 15 is 0 Å². The lowest BCUT2D eigenvalue weighted by molar-refractivity contribution is -0.126. The Bertz CT molecular complexity index is 147. The van der Waals surface area contributed by atoms with Gasteiger partial charge in [-0.1, -0.05) is 20.8 Å². The van der Waals surface area contributed by atoms with Crippen molar-refractivity contribution in [1.82, 2.24) is 5.32 Å². The lowest BCUT2D eigenvalue weighted by Crippen LogP contribution is -2.38. The van der Waals surface area contributed by atoms with Gasteiger partial charge in [0.2, 0.25) is 5.91 Å². The van der Waals surface area contributed by atoms with E-state index in [2.05, 4.69) is 5.32 Å². The first-order chi connectivity index (χ1) is 5.49. The zero-order valence-corrected chi connectivity index (χ0v) is 8.98. The van der Waals surface area contributed by atoms with Gasteiger partial charge in [0.1, 0.15) is 0 Å². The number of nitrogens with one attached hydrogen (secondary N) is 1. The summed E-state index contributed by atoms with van der Waals surface area (Å²) < 4.78 is 0. The Morgan fingerprint density at radius 3 is 2.17 bits per heavy atom. The van der Waals surface area contributed by atoms with E-state index in [1.54, 1.807) is 0 Å². The van der Waals surface area contributed by atoms with Crippen molar-refractivity contribution in [3.8, 4) is 0 Å². The molecular weight excluding hydrogens is 174 g/mol. The molecule has 72 valence electrons. The van der Waals surface area contributed by atoms with Crippen LogP contribution in [0.15, 0.2) is 0 Å². The van der Waals surface area contributed by atoms with Gasteiger partial charge < -0.3 is 5.32 Å². The molecule has 0 aliphatic rings. The summed E-state index contributed by atoms with van der Waals surface area (Å²) in [5, 5.41) is 2.84. The minimum atomic E-state index is 0.0654. The second-order valence-electron chi connectivity index (χ2n) is 3.60. The molecule has 0 saturated heterocycles. The Labute approximate surface area is 79.7 Å². The third-order valence-corrected chi connectivity index (χ3v) is 2.50. The van der Waals surface area contributed by atoms with E-state index in [1.807, 2.05) is 27.7 Å². The highest BCUT2D eigenvalue weighted by molar-refractivity contribution is 6.18. The molecule has 0 aromatic heterocycles. The Kier molecular flexibility index (Phi) is 5.31. The smallest absolute Gasteiger partial charge is 0.223 e. The van der Waals surface area contributed by atoms with Gasteiger partial charge in [-0.2, -0.15) is 0 Å². The third kappa shape index (κ3) is 3.96. The van der Waals surface area contributed by atoms with Gasteiger partial charge in [0.25, 0.3) is 0 Å². The minimum absolute atomic E-state index is 0.0654. The van der Waals surface area contributed by atoms with Crippen LogP contribution in [0.25, 0.3) is 0 Å². The predicted molar refractivity (Wildman–Crippen MR) is 52.3 cm³/mol. The zero-order chi connectivity index (χ0) is 9.72. The molecule has 2 unspecified atom stereocenters. The summed E-state index contributed by atoms with van der Waals surface area (Å²) in [5.74, 6) is 1.01. The molecule has 2 atom stereocenters. The van der Waals surface area contributed by atoms with Gasteiger partial charge in [0.05, 0.1) is 0 Å². The molecule has 0 aromatic carbocycles. The average molecular weight is 192 g/mol. The molecule has 0 rings (SSSR count). The molecule has 0 bridgehead atoms. The van der Waals surface area contributed by atoms with Crippen LogP contribution in [0, 0.1) is 11.8 Å². The third-order valence-electron chi connectivity index (χ3n) is 2.03. The minimum Gasteiger partial charge on any atom is -0.352 e. The number of rotatable bonds is 4. The van der Waals surface area contributed by atoms with Crippen molar-refractivity contribution in [2.24, 2.45) is 11.8 Å². The Balaban J connectivity index is 3.87. The number of carbonyl (C=O) groups excluding carboxylic acids is 1. The van der Waals surface area contributed by atoms with Gasteiger partial charge >= 0.3 is 0 Å². The number of amides is 1. The zero-order valence-electron chi connectivity index (χ0n) is 8.23. The van der Waals surface area contributed by atoms with Gasteiger partial charge in [0, 0.05) is 17.8 Å². The van der Waals surface area contributed by atoms with Crippen molar-refractivity contribution in [3.05, 3.63) is 0 Å². The van der Waals surface area contributed by atoms with Crippen LogP contribution in [0.5, 0.6) is 0 Å². The van der Waals surface area contributed by atoms with E-state index in [-0.39, 0.29) is 17.9 Å². The highest BCUT2D eigenvalue weighted by Crippen LogP contribution is 2.09. The molecule has 0 fully saturated rings. The lowest BCUT2D eigenvalue weighted by Gasteiger charge is -2.18. The first kappa shape index (κ1) is 11.8. The molecule has 0 aromatic rings. The SMILES string of the molecule is CC(CCl)NC(=O)C(C)C(C)C. The summed E-state index contributed by atoms with van der Waals surface area (Å²) in [6, 6.07) is 0.0698. The fraction of sp³-hybridized carbons (Fsp3) is 0.889. The second-order valence-corrected chi connectivity index (χ2v) is 3.91.